The zero-order valence-electron chi connectivity index (χ0n) is 16.3. The molecule has 0 spiro atoms. The predicted molar refractivity (Wildman–Crippen MR) is 130 cm³/mol. The fourth-order valence-corrected chi connectivity index (χ4v) is 4.91. The van der Waals surface area contributed by atoms with Gasteiger partial charge in [-0.05, 0) is 54.2 Å². The fraction of sp³-hybridized carbons (Fsp3) is 0. The third-order valence-corrected chi connectivity index (χ3v) is 6.22. The van der Waals surface area contributed by atoms with Gasteiger partial charge >= 0.3 is 0 Å². The van der Waals surface area contributed by atoms with Crippen molar-refractivity contribution in [2.75, 3.05) is 0 Å². The van der Waals surface area contributed by atoms with Crippen LogP contribution in [-0.2, 0) is 0 Å². The van der Waals surface area contributed by atoms with Gasteiger partial charge in [-0.2, -0.15) is 0 Å². The summed E-state index contributed by atoms with van der Waals surface area (Å²) in [5.41, 5.74) is 3.97. The van der Waals surface area contributed by atoms with Gasteiger partial charge in [0.2, 0.25) is 0 Å². The standard InChI is InChI=1S/C28H19B/c29-28-24-17-15-18-8-4-6-12-21(18)26(24)25(20-10-2-1-3-11-20)23-16-14-19-9-5-7-13-22(19)27(23)28/h1-17H,29H2. The molecule has 29 heavy (non-hydrogen) atoms. The van der Waals surface area contributed by atoms with E-state index in [0.29, 0.717) is 0 Å². The SMILES string of the molecule is Bc1c2ccc3ccccc3c2c(-c2ccccc2)c2ccc3ccccc3c12. The van der Waals surface area contributed by atoms with E-state index in [4.69, 9.17) is 0 Å². The van der Waals surface area contributed by atoms with Crippen molar-refractivity contribution in [3.05, 3.63) is 103 Å². The predicted octanol–water partition coefficient (Wildman–Crippen LogP) is 6.22. The minimum absolute atomic E-state index is 1.27. The molecule has 6 aromatic rings. The van der Waals surface area contributed by atoms with E-state index in [1.165, 1.54) is 59.7 Å². The highest BCUT2D eigenvalue weighted by Crippen LogP contribution is 2.40. The van der Waals surface area contributed by atoms with Crippen molar-refractivity contribution < 1.29 is 0 Å². The van der Waals surface area contributed by atoms with Crippen molar-refractivity contribution in [2.24, 2.45) is 0 Å². The van der Waals surface area contributed by atoms with Crippen molar-refractivity contribution in [1.29, 1.82) is 0 Å². The Labute approximate surface area is 170 Å². The molecule has 0 aliphatic rings. The molecule has 0 unspecified atom stereocenters. The van der Waals surface area contributed by atoms with Gasteiger partial charge in [0, 0.05) is 0 Å². The molecule has 6 aromatic carbocycles. The van der Waals surface area contributed by atoms with E-state index in [2.05, 4.69) is 111 Å². The Morgan fingerprint density at radius 2 is 0.966 bits per heavy atom. The lowest BCUT2D eigenvalue weighted by atomic mass is 9.78. The van der Waals surface area contributed by atoms with Crippen LogP contribution in [0.15, 0.2) is 103 Å². The second-order valence-corrected chi connectivity index (χ2v) is 7.78. The lowest BCUT2D eigenvalue weighted by Gasteiger charge is -2.19. The average Bonchev–Trinajstić information content (AvgIpc) is 2.79. The Morgan fingerprint density at radius 1 is 0.414 bits per heavy atom. The van der Waals surface area contributed by atoms with Crippen molar-refractivity contribution in [1.82, 2.24) is 0 Å². The quantitative estimate of drug-likeness (QED) is 0.184. The Bertz CT molecular complexity index is 1550. The normalized spacial score (nSPS) is 11.6. The summed E-state index contributed by atoms with van der Waals surface area (Å²) < 4.78 is 0. The molecule has 0 aromatic heterocycles. The van der Waals surface area contributed by atoms with E-state index in [9.17, 15) is 0 Å². The van der Waals surface area contributed by atoms with Gasteiger partial charge in [-0.3, -0.25) is 0 Å². The van der Waals surface area contributed by atoms with Crippen LogP contribution < -0.4 is 5.46 Å². The number of benzene rings is 6. The average molecular weight is 366 g/mol. The summed E-state index contributed by atoms with van der Waals surface area (Å²) in [4.78, 5) is 0. The number of rotatable bonds is 1. The summed E-state index contributed by atoms with van der Waals surface area (Å²) in [6, 6.07) is 37.5. The Kier molecular flexibility index (Phi) is 3.51. The van der Waals surface area contributed by atoms with Gasteiger partial charge in [-0.25, -0.2) is 0 Å². The number of fused-ring (bicyclic) bond motifs is 6. The molecule has 0 saturated heterocycles. The number of hydrogen-bond acceptors (Lipinski definition) is 0. The second-order valence-electron chi connectivity index (χ2n) is 7.78. The third kappa shape index (κ3) is 2.34. The molecule has 0 fully saturated rings. The molecule has 0 radical (unpaired) electrons. The van der Waals surface area contributed by atoms with Crippen molar-refractivity contribution in [3.63, 3.8) is 0 Å². The Balaban J connectivity index is 1.97. The second kappa shape index (κ2) is 6.22. The van der Waals surface area contributed by atoms with Crippen LogP contribution in [0.1, 0.15) is 0 Å². The molecule has 0 heterocycles. The van der Waals surface area contributed by atoms with Crippen LogP contribution >= 0.6 is 0 Å². The summed E-state index contributed by atoms with van der Waals surface area (Å²) in [5, 5.41) is 10.6. The summed E-state index contributed by atoms with van der Waals surface area (Å²) >= 11 is 0. The topological polar surface area (TPSA) is 0 Å². The molecule has 0 atom stereocenters. The zero-order valence-corrected chi connectivity index (χ0v) is 16.3. The molecule has 0 N–H and O–H groups in total. The third-order valence-electron chi connectivity index (χ3n) is 6.22. The van der Waals surface area contributed by atoms with E-state index < -0.39 is 0 Å². The zero-order chi connectivity index (χ0) is 19.4. The highest BCUT2D eigenvalue weighted by molar-refractivity contribution is 6.50. The van der Waals surface area contributed by atoms with Crippen molar-refractivity contribution in [3.8, 4) is 11.1 Å². The molecular formula is C28H19B. The minimum Gasteiger partial charge on any atom is -0.0729 e. The molecule has 0 nitrogen and oxygen atoms in total. The maximum atomic E-state index is 2.31. The van der Waals surface area contributed by atoms with Crippen molar-refractivity contribution in [2.45, 2.75) is 0 Å². The van der Waals surface area contributed by atoms with Crippen LogP contribution in [0.5, 0.6) is 0 Å². The van der Waals surface area contributed by atoms with E-state index in [0.717, 1.165) is 0 Å². The highest BCUT2D eigenvalue weighted by atomic mass is 14.2. The van der Waals surface area contributed by atoms with Crippen LogP contribution in [0.2, 0.25) is 0 Å². The van der Waals surface area contributed by atoms with Crippen LogP contribution in [0.3, 0.4) is 0 Å². The molecule has 134 valence electrons. The van der Waals surface area contributed by atoms with E-state index >= 15 is 0 Å². The van der Waals surface area contributed by atoms with Gasteiger partial charge in [-0.15, -0.1) is 0 Å². The lowest BCUT2D eigenvalue weighted by molar-refractivity contribution is 1.69. The highest BCUT2D eigenvalue weighted by Gasteiger charge is 2.16. The summed E-state index contributed by atoms with van der Waals surface area (Å²) in [6.45, 7) is 0. The van der Waals surface area contributed by atoms with E-state index in [-0.39, 0.29) is 0 Å². The van der Waals surface area contributed by atoms with Gasteiger partial charge in [0.05, 0.1) is 0 Å². The monoisotopic (exact) mass is 366 g/mol. The molecular weight excluding hydrogens is 347 g/mol. The minimum atomic E-state index is 1.27. The summed E-state index contributed by atoms with van der Waals surface area (Å²) in [7, 11) is 2.28. The maximum absolute atomic E-state index is 2.31. The van der Waals surface area contributed by atoms with Gasteiger partial charge in [-0.1, -0.05) is 109 Å². The van der Waals surface area contributed by atoms with Gasteiger partial charge in [0.25, 0.3) is 0 Å². The molecule has 0 saturated carbocycles. The number of hydrogen-bond donors (Lipinski definition) is 0. The lowest BCUT2D eigenvalue weighted by Crippen LogP contribution is -2.08. The first kappa shape index (κ1) is 16.4. The van der Waals surface area contributed by atoms with Crippen LogP contribution in [0.25, 0.3) is 54.2 Å². The first-order chi connectivity index (χ1) is 14.3. The molecule has 0 aliphatic carbocycles. The molecule has 0 amide bonds. The largest absolute Gasteiger partial charge is 0.140 e. The molecule has 1 heteroatoms. The first-order valence-corrected chi connectivity index (χ1v) is 10.1. The van der Waals surface area contributed by atoms with Gasteiger partial charge in [0.1, 0.15) is 7.85 Å². The molecule has 0 aliphatic heterocycles. The summed E-state index contributed by atoms with van der Waals surface area (Å²) in [5.74, 6) is 0. The first-order valence-electron chi connectivity index (χ1n) is 10.1. The summed E-state index contributed by atoms with van der Waals surface area (Å²) in [6.07, 6.45) is 0. The van der Waals surface area contributed by atoms with Crippen LogP contribution in [0, 0.1) is 0 Å². The fourth-order valence-electron chi connectivity index (χ4n) is 4.91. The Morgan fingerprint density at radius 3 is 1.66 bits per heavy atom. The van der Waals surface area contributed by atoms with E-state index in [1.807, 2.05) is 0 Å². The smallest absolute Gasteiger partial charge is 0.0729 e. The van der Waals surface area contributed by atoms with Crippen LogP contribution in [0.4, 0.5) is 0 Å². The van der Waals surface area contributed by atoms with Gasteiger partial charge in [0.15, 0.2) is 0 Å². The maximum Gasteiger partial charge on any atom is 0.140 e. The van der Waals surface area contributed by atoms with E-state index in [1.54, 1.807) is 0 Å². The van der Waals surface area contributed by atoms with Crippen molar-refractivity contribution >= 4 is 56.4 Å². The molecule has 0 bridgehead atoms. The van der Waals surface area contributed by atoms with Crippen LogP contribution in [-0.4, -0.2) is 7.85 Å². The molecule has 6 rings (SSSR count). The van der Waals surface area contributed by atoms with Gasteiger partial charge < -0.3 is 0 Å². The Hall–Kier alpha value is -3.58.